The van der Waals surface area contributed by atoms with E-state index in [0.29, 0.717) is 0 Å². The van der Waals surface area contributed by atoms with Gasteiger partial charge < -0.3 is 9.84 Å². The molecule has 0 spiro atoms. The van der Waals surface area contributed by atoms with Crippen molar-refractivity contribution in [2.45, 2.75) is 39.2 Å². The van der Waals surface area contributed by atoms with Gasteiger partial charge in [0.2, 0.25) is 0 Å². The number of hydrogen-bond donors (Lipinski definition) is 1. The number of methoxy groups -OCH3 is 1. The molecule has 1 aliphatic rings. The molecule has 1 unspecified atom stereocenters. The molecule has 2 aromatic rings. The molecule has 0 saturated heterocycles. The van der Waals surface area contributed by atoms with Crippen molar-refractivity contribution in [1.29, 1.82) is 0 Å². The van der Waals surface area contributed by atoms with E-state index in [-0.39, 0.29) is 0 Å². The summed E-state index contributed by atoms with van der Waals surface area (Å²) >= 11 is 0. The molecule has 2 nitrogen and oxygen atoms in total. The van der Waals surface area contributed by atoms with Crippen LogP contribution in [0.4, 0.5) is 0 Å². The Bertz CT molecular complexity index is 674. The highest BCUT2D eigenvalue weighted by atomic mass is 16.5. The summed E-state index contributed by atoms with van der Waals surface area (Å²) in [5.74, 6) is 0.764. The molecular formula is C19H22O2. The largest absolute Gasteiger partial charge is 0.496 e. The molecule has 2 aromatic carbocycles. The van der Waals surface area contributed by atoms with Gasteiger partial charge in [-0.15, -0.1) is 0 Å². The second kappa shape index (κ2) is 5.53. The van der Waals surface area contributed by atoms with Gasteiger partial charge in [-0.3, -0.25) is 0 Å². The Hall–Kier alpha value is -1.80. The first-order valence-electron chi connectivity index (χ1n) is 7.55. The molecule has 0 saturated carbocycles. The minimum atomic E-state index is -0.633. The highest BCUT2D eigenvalue weighted by Gasteiger charge is 2.20. The third-order valence-corrected chi connectivity index (χ3v) is 4.42. The van der Waals surface area contributed by atoms with Gasteiger partial charge in [-0.1, -0.05) is 24.3 Å². The molecule has 110 valence electrons. The van der Waals surface area contributed by atoms with Crippen molar-refractivity contribution in [3.05, 3.63) is 63.7 Å². The first-order chi connectivity index (χ1) is 10.1. The van der Waals surface area contributed by atoms with E-state index in [1.54, 1.807) is 7.11 Å². The minimum absolute atomic E-state index is 0.633. The number of aliphatic hydroxyl groups excluding tert-OH is 1. The third kappa shape index (κ3) is 2.56. The molecule has 1 atom stereocenters. The molecule has 0 amide bonds. The second-order valence-corrected chi connectivity index (χ2v) is 5.98. The Morgan fingerprint density at radius 3 is 2.57 bits per heavy atom. The fourth-order valence-corrected chi connectivity index (χ4v) is 3.39. The van der Waals surface area contributed by atoms with Crippen LogP contribution in [0, 0.1) is 13.8 Å². The smallest absolute Gasteiger partial charge is 0.125 e. The topological polar surface area (TPSA) is 29.5 Å². The number of aliphatic hydroxyl groups is 1. The van der Waals surface area contributed by atoms with E-state index < -0.39 is 6.10 Å². The Morgan fingerprint density at radius 1 is 1.05 bits per heavy atom. The lowest BCUT2D eigenvalue weighted by molar-refractivity contribution is 0.214. The van der Waals surface area contributed by atoms with Crippen molar-refractivity contribution < 1.29 is 9.84 Å². The van der Waals surface area contributed by atoms with E-state index in [1.165, 1.54) is 24.0 Å². The van der Waals surface area contributed by atoms with Crippen LogP contribution in [0.1, 0.15) is 45.9 Å². The lowest BCUT2D eigenvalue weighted by Gasteiger charge is -2.19. The normalized spacial score (nSPS) is 14.9. The lowest BCUT2D eigenvalue weighted by Crippen LogP contribution is -2.06. The van der Waals surface area contributed by atoms with E-state index in [4.69, 9.17) is 4.74 Å². The van der Waals surface area contributed by atoms with E-state index in [9.17, 15) is 5.11 Å². The summed E-state index contributed by atoms with van der Waals surface area (Å²) in [6.45, 7) is 4.07. The predicted octanol–water partition coefficient (Wildman–Crippen LogP) is 3.88. The van der Waals surface area contributed by atoms with Crippen LogP contribution < -0.4 is 4.74 Å². The molecule has 1 aliphatic carbocycles. The number of benzene rings is 2. The summed E-state index contributed by atoms with van der Waals surface area (Å²) in [5, 5.41) is 10.8. The SMILES string of the molecule is COc1cc(C)cc(C)c1C(O)c1ccc2c(c1)CCC2. The van der Waals surface area contributed by atoms with Gasteiger partial charge in [-0.05, 0) is 67.0 Å². The van der Waals surface area contributed by atoms with E-state index in [0.717, 1.165) is 34.4 Å². The van der Waals surface area contributed by atoms with Crippen molar-refractivity contribution in [2.24, 2.45) is 0 Å². The standard InChI is InChI=1S/C19H22O2/c1-12-9-13(2)18(17(10-12)21-3)19(20)16-8-7-14-5-4-6-15(14)11-16/h7-11,19-20H,4-6H2,1-3H3. The first-order valence-corrected chi connectivity index (χ1v) is 7.55. The van der Waals surface area contributed by atoms with Crippen molar-refractivity contribution in [3.63, 3.8) is 0 Å². The summed E-state index contributed by atoms with van der Waals surface area (Å²) in [6, 6.07) is 10.4. The highest BCUT2D eigenvalue weighted by molar-refractivity contribution is 5.49. The molecule has 0 bridgehead atoms. The Labute approximate surface area is 126 Å². The van der Waals surface area contributed by atoms with Gasteiger partial charge in [0.15, 0.2) is 0 Å². The van der Waals surface area contributed by atoms with E-state index in [2.05, 4.69) is 18.2 Å². The van der Waals surface area contributed by atoms with Crippen LogP contribution in [-0.4, -0.2) is 12.2 Å². The quantitative estimate of drug-likeness (QED) is 0.925. The van der Waals surface area contributed by atoms with E-state index >= 15 is 0 Å². The zero-order valence-corrected chi connectivity index (χ0v) is 12.9. The molecule has 0 radical (unpaired) electrons. The van der Waals surface area contributed by atoms with Gasteiger partial charge in [0.05, 0.1) is 7.11 Å². The van der Waals surface area contributed by atoms with Crippen LogP contribution in [0.25, 0.3) is 0 Å². The molecule has 21 heavy (non-hydrogen) atoms. The fraction of sp³-hybridized carbons (Fsp3) is 0.368. The number of aryl methyl sites for hydroxylation is 4. The van der Waals surface area contributed by atoms with Crippen LogP contribution in [0.2, 0.25) is 0 Å². The Balaban J connectivity index is 2.04. The van der Waals surface area contributed by atoms with Gasteiger partial charge >= 0.3 is 0 Å². The Kier molecular flexibility index (Phi) is 3.73. The van der Waals surface area contributed by atoms with Crippen LogP contribution in [0.3, 0.4) is 0 Å². The molecule has 0 aliphatic heterocycles. The zero-order chi connectivity index (χ0) is 15.0. The van der Waals surface area contributed by atoms with E-state index in [1.807, 2.05) is 26.0 Å². The van der Waals surface area contributed by atoms with Gasteiger partial charge in [0.25, 0.3) is 0 Å². The molecule has 1 N–H and O–H groups in total. The van der Waals surface area contributed by atoms with Crippen LogP contribution in [0.15, 0.2) is 30.3 Å². The number of rotatable bonds is 3. The van der Waals surface area contributed by atoms with Crippen LogP contribution >= 0.6 is 0 Å². The molecule has 2 heteroatoms. The fourth-order valence-electron chi connectivity index (χ4n) is 3.39. The Morgan fingerprint density at radius 2 is 1.81 bits per heavy atom. The molecule has 3 rings (SSSR count). The number of fused-ring (bicyclic) bond motifs is 1. The summed E-state index contributed by atoms with van der Waals surface area (Å²) in [7, 11) is 1.66. The van der Waals surface area contributed by atoms with Gasteiger partial charge in [-0.2, -0.15) is 0 Å². The van der Waals surface area contributed by atoms with Crippen LogP contribution in [-0.2, 0) is 12.8 Å². The van der Waals surface area contributed by atoms with Gasteiger partial charge in [0, 0.05) is 5.56 Å². The van der Waals surface area contributed by atoms with Crippen LogP contribution in [0.5, 0.6) is 5.75 Å². The highest BCUT2D eigenvalue weighted by Crippen LogP contribution is 2.35. The van der Waals surface area contributed by atoms with Gasteiger partial charge in [0.1, 0.15) is 11.9 Å². The third-order valence-electron chi connectivity index (χ3n) is 4.42. The molecule has 0 aromatic heterocycles. The lowest BCUT2D eigenvalue weighted by atomic mass is 9.93. The van der Waals surface area contributed by atoms with Crippen molar-refractivity contribution in [3.8, 4) is 5.75 Å². The van der Waals surface area contributed by atoms with Crippen molar-refractivity contribution >= 4 is 0 Å². The predicted molar refractivity (Wildman–Crippen MR) is 85.0 cm³/mol. The molecule has 0 fully saturated rings. The number of hydrogen-bond acceptors (Lipinski definition) is 2. The summed E-state index contributed by atoms with van der Waals surface area (Å²) in [4.78, 5) is 0. The average molecular weight is 282 g/mol. The minimum Gasteiger partial charge on any atom is -0.496 e. The summed E-state index contributed by atoms with van der Waals surface area (Å²) in [6.07, 6.45) is 2.88. The van der Waals surface area contributed by atoms with Gasteiger partial charge in [-0.25, -0.2) is 0 Å². The molecular weight excluding hydrogens is 260 g/mol. The monoisotopic (exact) mass is 282 g/mol. The summed E-state index contributed by atoms with van der Waals surface area (Å²) in [5.41, 5.74) is 6.87. The maximum Gasteiger partial charge on any atom is 0.125 e. The van der Waals surface area contributed by atoms with Crippen molar-refractivity contribution in [2.75, 3.05) is 7.11 Å². The maximum absolute atomic E-state index is 10.8. The maximum atomic E-state index is 10.8. The second-order valence-electron chi connectivity index (χ2n) is 5.98. The van der Waals surface area contributed by atoms with Crippen molar-refractivity contribution in [1.82, 2.24) is 0 Å². The average Bonchev–Trinajstić information content (AvgIpc) is 2.93. The zero-order valence-electron chi connectivity index (χ0n) is 12.9. The number of ether oxygens (including phenoxy) is 1. The first kappa shape index (κ1) is 14.2. The molecule has 0 heterocycles. The summed E-state index contributed by atoms with van der Waals surface area (Å²) < 4.78 is 5.48.